The van der Waals surface area contributed by atoms with Gasteiger partial charge in [0.15, 0.2) is 5.43 Å². The number of hydrogen-bond donors (Lipinski definition) is 0. The normalized spacial score (nSPS) is 16.5. The second-order valence-electron chi connectivity index (χ2n) is 7.18. The first-order valence-corrected chi connectivity index (χ1v) is 8.96. The molecule has 1 aromatic heterocycles. The number of carbonyl (C=O) groups is 1. The van der Waals surface area contributed by atoms with Gasteiger partial charge in [0.2, 0.25) is 5.91 Å². The second-order valence-corrected chi connectivity index (χ2v) is 7.18. The summed E-state index contributed by atoms with van der Waals surface area (Å²) in [5.74, 6) is 0.947. The fourth-order valence-electron chi connectivity index (χ4n) is 3.50. The van der Waals surface area contributed by atoms with E-state index in [1.165, 1.54) is 0 Å². The number of nitrogens with zero attached hydrogens (tertiary/aromatic N) is 2. The molecular weight excluding hydrogens is 316 g/mol. The molecule has 0 spiro atoms. The van der Waals surface area contributed by atoms with Crippen molar-refractivity contribution < 1.29 is 9.21 Å². The van der Waals surface area contributed by atoms with E-state index in [9.17, 15) is 9.59 Å². The van der Waals surface area contributed by atoms with E-state index >= 15 is 0 Å². The minimum Gasteiger partial charge on any atom is -0.459 e. The molecule has 5 nitrogen and oxygen atoms in total. The molecule has 0 N–H and O–H groups in total. The molecule has 134 valence electrons. The number of para-hydroxylation sites is 1. The van der Waals surface area contributed by atoms with Gasteiger partial charge in [-0.25, -0.2) is 0 Å². The molecule has 1 aliphatic heterocycles. The predicted octanol–water partition coefficient (Wildman–Crippen LogP) is 2.87. The second kappa shape index (κ2) is 7.40. The van der Waals surface area contributed by atoms with Crippen LogP contribution in [0.3, 0.4) is 0 Å². The van der Waals surface area contributed by atoms with E-state index in [4.69, 9.17) is 4.42 Å². The zero-order valence-electron chi connectivity index (χ0n) is 15.2. The van der Waals surface area contributed by atoms with Crippen molar-refractivity contribution in [3.63, 3.8) is 0 Å². The molecular formula is C20H26N2O3. The average molecular weight is 342 g/mol. The Morgan fingerprint density at radius 2 is 1.96 bits per heavy atom. The van der Waals surface area contributed by atoms with Gasteiger partial charge in [0, 0.05) is 38.2 Å². The van der Waals surface area contributed by atoms with Gasteiger partial charge in [-0.15, -0.1) is 0 Å². The number of hydrogen-bond acceptors (Lipinski definition) is 4. The van der Waals surface area contributed by atoms with Crippen LogP contribution in [0.4, 0.5) is 0 Å². The minimum atomic E-state index is 0.00833. The van der Waals surface area contributed by atoms with Crippen molar-refractivity contribution in [1.29, 1.82) is 0 Å². The van der Waals surface area contributed by atoms with Gasteiger partial charge in [0.1, 0.15) is 11.3 Å². The minimum absolute atomic E-state index is 0.00833. The fraction of sp³-hybridized carbons (Fsp3) is 0.500. The maximum atomic E-state index is 12.2. The van der Waals surface area contributed by atoms with Crippen molar-refractivity contribution in [2.24, 2.45) is 5.92 Å². The highest BCUT2D eigenvalue weighted by molar-refractivity contribution is 5.78. The molecule has 2 heterocycles. The van der Waals surface area contributed by atoms with Crippen LogP contribution >= 0.6 is 0 Å². The molecule has 1 saturated heterocycles. The molecule has 25 heavy (non-hydrogen) atoms. The summed E-state index contributed by atoms with van der Waals surface area (Å²) in [5.41, 5.74) is 0.649. The third kappa shape index (κ3) is 3.93. The molecule has 5 heteroatoms. The van der Waals surface area contributed by atoms with Gasteiger partial charge in [-0.2, -0.15) is 0 Å². The first-order chi connectivity index (χ1) is 12.0. The lowest BCUT2D eigenvalue weighted by Gasteiger charge is -2.37. The Morgan fingerprint density at radius 3 is 2.64 bits per heavy atom. The van der Waals surface area contributed by atoms with Crippen molar-refractivity contribution in [2.45, 2.75) is 39.3 Å². The van der Waals surface area contributed by atoms with Crippen molar-refractivity contribution in [3.05, 3.63) is 46.3 Å². The average Bonchev–Trinajstić information content (AvgIpc) is 2.61. The Hall–Kier alpha value is -2.14. The molecule has 0 atom stereocenters. The quantitative estimate of drug-likeness (QED) is 0.857. The summed E-state index contributed by atoms with van der Waals surface area (Å²) in [7, 11) is 1.91. The lowest BCUT2D eigenvalue weighted by atomic mass is 10.0. The van der Waals surface area contributed by atoms with Crippen LogP contribution in [0.1, 0.15) is 32.4 Å². The van der Waals surface area contributed by atoms with E-state index in [-0.39, 0.29) is 17.3 Å². The van der Waals surface area contributed by atoms with Crippen LogP contribution in [-0.4, -0.2) is 41.9 Å². The molecule has 0 radical (unpaired) electrons. The summed E-state index contributed by atoms with van der Waals surface area (Å²) in [4.78, 5) is 28.5. The molecule has 0 unspecified atom stereocenters. The molecule has 2 aromatic rings. The van der Waals surface area contributed by atoms with Crippen molar-refractivity contribution >= 4 is 16.9 Å². The van der Waals surface area contributed by atoms with Gasteiger partial charge < -0.3 is 9.32 Å². The first kappa shape index (κ1) is 17.7. The third-order valence-electron chi connectivity index (χ3n) is 5.01. The Morgan fingerprint density at radius 1 is 1.28 bits per heavy atom. The summed E-state index contributed by atoms with van der Waals surface area (Å²) in [6.07, 6.45) is 1.90. The van der Waals surface area contributed by atoms with E-state index < -0.39 is 0 Å². The zero-order chi connectivity index (χ0) is 18.0. The van der Waals surface area contributed by atoms with Crippen LogP contribution in [0.25, 0.3) is 11.0 Å². The van der Waals surface area contributed by atoms with E-state index in [1.54, 1.807) is 12.1 Å². The zero-order valence-corrected chi connectivity index (χ0v) is 15.2. The Balaban J connectivity index is 1.63. The fourth-order valence-corrected chi connectivity index (χ4v) is 3.50. The largest absolute Gasteiger partial charge is 0.459 e. The van der Waals surface area contributed by atoms with Crippen LogP contribution in [0.2, 0.25) is 0 Å². The molecule has 1 aliphatic rings. The molecule has 0 saturated carbocycles. The number of benzene rings is 1. The van der Waals surface area contributed by atoms with E-state index in [0.717, 1.165) is 25.9 Å². The van der Waals surface area contributed by atoms with Gasteiger partial charge >= 0.3 is 0 Å². The number of rotatable bonds is 4. The first-order valence-electron chi connectivity index (χ1n) is 8.96. The van der Waals surface area contributed by atoms with Gasteiger partial charge in [0.05, 0.1) is 11.9 Å². The monoisotopic (exact) mass is 342 g/mol. The number of amides is 1. The maximum Gasteiger partial charge on any atom is 0.225 e. The number of fused-ring (bicyclic) bond motifs is 1. The van der Waals surface area contributed by atoms with Gasteiger partial charge in [-0.05, 0) is 25.0 Å². The molecule has 1 amide bonds. The summed E-state index contributed by atoms with van der Waals surface area (Å²) >= 11 is 0. The Labute approximate surface area is 148 Å². The third-order valence-corrected chi connectivity index (χ3v) is 5.01. The van der Waals surface area contributed by atoms with Gasteiger partial charge in [0.25, 0.3) is 0 Å². The van der Waals surface area contributed by atoms with Crippen molar-refractivity contribution in [1.82, 2.24) is 9.80 Å². The Bertz CT molecular complexity index is 804. The van der Waals surface area contributed by atoms with Gasteiger partial charge in [-0.1, -0.05) is 26.0 Å². The van der Waals surface area contributed by atoms with Crippen molar-refractivity contribution in [2.75, 3.05) is 20.1 Å². The highest BCUT2D eigenvalue weighted by Gasteiger charge is 2.26. The standard InChI is InChI=1S/C20H26N2O3/c1-14(2)20(24)21(3)15-8-10-22(11-9-15)13-16-12-18(23)17-6-4-5-7-19(17)25-16/h4-7,12,14-15H,8-11,13H2,1-3H3. The molecule has 1 fully saturated rings. The maximum absolute atomic E-state index is 12.2. The number of piperidine rings is 1. The smallest absolute Gasteiger partial charge is 0.225 e. The number of carbonyl (C=O) groups excluding carboxylic acids is 1. The summed E-state index contributed by atoms with van der Waals surface area (Å²) in [5, 5.41) is 0.624. The van der Waals surface area contributed by atoms with E-state index in [1.807, 2.05) is 44.0 Å². The molecule has 3 rings (SSSR count). The highest BCUT2D eigenvalue weighted by Crippen LogP contribution is 2.20. The summed E-state index contributed by atoms with van der Waals surface area (Å²) in [6.45, 7) is 6.31. The molecule has 1 aromatic carbocycles. The van der Waals surface area contributed by atoms with Crippen LogP contribution in [-0.2, 0) is 11.3 Å². The highest BCUT2D eigenvalue weighted by atomic mass is 16.3. The number of likely N-dealkylation sites (tertiary alicyclic amines) is 1. The van der Waals surface area contributed by atoms with Gasteiger partial charge in [-0.3, -0.25) is 14.5 Å². The SMILES string of the molecule is CC(C)C(=O)N(C)C1CCN(Cc2cc(=O)c3ccccc3o2)CC1. The van der Waals surface area contributed by atoms with Crippen LogP contribution in [0, 0.1) is 5.92 Å². The summed E-state index contributed by atoms with van der Waals surface area (Å²) in [6, 6.07) is 9.25. The molecule has 0 aliphatic carbocycles. The summed E-state index contributed by atoms with van der Waals surface area (Å²) < 4.78 is 5.88. The van der Waals surface area contributed by atoms with Crippen molar-refractivity contribution in [3.8, 4) is 0 Å². The van der Waals surface area contributed by atoms with Crippen LogP contribution in [0.5, 0.6) is 0 Å². The lowest BCUT2D eigenvalue weighted by Crippen LogP contribution is -2.46. The van der Waals surface area contributed by atoms with Crippen LogP contribution in [0.15, 0.2) is 39.5 Å². The van der Waals surface area contributed by atoms with Crippen LogP contribution < -0.4 is 5.43 Å². The predicted molar refractivity (Wildman–Crippen MR) is 98.4 cm³/mol. The molecule has 0 bridgehead atoms. The van der Waals surface area contributed by atoms with E-state index in [0.29, 0.717) is 29.3 Å². The lowest BCUT2D eigenvalue weighted by molar-refractivity contribution is -0.136. The Kier molecular flexibility index (Phi) is 5.23. The topological polar surface area (TPSA) is 53.8 Å². The van der Waals surface area contributed by atoms with E-state index in [2.05, 4.69) is 4.90 Å².